The van der Waals surface area contributed by atoms with Crippen molar-refractivity contribution in [3.63, 3.8) is 0 Å². The smallest absolute Gasteiger partial charge is 0.242 e. The molecule has 0 radical (unpaired) electrons. The minimum absolute atomic E-state index is 0.0186. The first-order valence-electron chi connectivity index (χ1n) is 4.86. The summed E-state index contributed by atoms with van der Waals surface area (Å²) >= 11 is 0. The lowest BCUT2D eigenvalue weighted by Gasteiger charge is -2.10. The largest absolute Gasteiger partial charge is 0.467 e. The van der Waals surface area contributed by atoms with Crippen molar-refractivity contribution in [3.05, 3.63) is 24.2 Å². The average molecular weight is 224 g/mol. The number of nitrogens with two attached hydrogens (primary N) is 1. The third kappa shape index (κ3) is 4.04. The van der Waals surface area contributed by atoms with Crippen LogP contribution in [0.1, 0.15) is 5.76 Å². The number of carbonyl (C=O) groups excluding carboxylic acids is 1. The Morgan fingerprint density at radius 3 is 2.94 bits per heavy atom. The summed E-state index contributed by atoms with van der Waals surface area (Å²) in [7, 11) is 3.53. The van der Waals surface area contributed by atoms with E-state index in [2.05, 4.69) is 10.3 Å². The highest BCUT2D eigenvalue weighted by molar-refractivity contribution is 5.83. The molecule has 0 aliphatic rings. The van der Waals surface area contributed by atoms with Crippen LogP contribution < -0.4 is 11.1 Å². The first-order chi connectivity index (χ1) is 7.59. The molecule has 1 amide bonds. The molecule has 0 fully saturated rings. The van der Waals surface area contributed by atoms with Crippen molar-refractivity contribution in [2.75, 3.05) is 20.6 Å². The Morgan fingerprint density at radius 1 is 1.62 bits per heavy atom. The summed E-state index contributed by atoms with van der Waals surface area (Å²) in [5, 5.41) is 2.67. The van der Waals surface area contributed by atoms with E-state index in [1.807, 2.05) is 0 Å². The molecule has 1 rings (SSSR count). The minimum atomic E-state index is -0.193. The van der Waals surface area contributed by atoms with Gasteiger partial charge in [-0.15, -0.1) is 0 Å². The molecule has 1 heterocycles. The van der Waals surface area contributed by atoms with Crippen molar-refractivity contribution in [3.8, 4) is 0 Å². The highest BCUT2D eigenvalue weighted by atomic mass is 16.3. The summed E-state index contributed by atoms with van der Waals surface area (Å²) in [6.45, 7) is 0.383. The fourth-order valence-corrected chi connectivity index (χ4v) is 0.949. The van der Waals surface area contributed by atoms with Gasteiger partial charge < -0.3 is 20.4 Å². The van der Waals surface area contributed by atoms with E-state index >= 15 is 0 Å². The lowest BCUT2D eigenvalue weighted by atomic mass is 10.4. The van der Waals surface area contributed by atoms with Crippen LogP contribution in [0.3, 0.4) is 0 Å². The number of nitrogens with one attached hydrogen (secondary N) is 1. The van der Waals surface area contributed by atoms with Crippen molar-refractivity contribution in [1.29, 1.82) is 0 Å². The zero-order valence-corrected chi connectivity index (χ0v) is 9.43. The molecule has 0 spiro atoms. The molecule has 88 valence electrons. The standard InChI is InChI=1S/C10H16N4O2/c1-14(2)10(11)13-7-9(15)12-6-8-4-3-5-16-8/h3-5H,6-7H2,1-2H3,(H2,11,13)(H,12,15). The van der Waals surface area contributed by atoms with Gasteiger partial charge in [0, 0.05) is 14.1 Å². The van der Waals surface area contributed by atoms with Gasteiger partial charge in [-0.25, -0.2) is 4.99 Å². The number of aliphatic imine (C=N–C) groups is 1. The van der Waals surface area contributed by atoms with Crippen molar-refractivity contribution in [2.24, 2.45) is 10.7 Å². The van der Waals surface area contributed by atoms with Crippen LogP contribution in [0.5, 0.6) is 0 Å². The van der Waals surface area contributed by atoms with Gasteiger partial charge in [0.2, 0.25) is 5.91 Å². The molecule has 0 saturated heterocycles. The van der Waals surface area contributed by atoms with Crippen LogP contribution >= 0.6 is 0 Å². The Balaban J connectivity index is 2.29. The number of hydrogen-bond donors (Lipinski definition) is 2. The highest BCUT2D eigenvalue weighted by Gasteiger charge is 2.02. The van der Waals surface area contributed by atoms with Crippen molar-refractivity contribution >= 4 is 11.9 Å². The second kappa shape index (κ2) is 5.79. The number of guanidine groups is 1. The molecule has 1 aromatic heterocycles. The predicted molar refractivity (Wildman–Crippen MR) is 60.7 cm³/mol. The molecule has 0 atom stereocenters. The van der Waals surface area contributed by atoms with Gasteiger partial charge in [0.15, 0.2) is 5.96 Å². The Kier molecular flexibility index (Phi) is 4.38. The fraction of sp³-hybridized carbons (Fsp3) is 0.400. The van der Waals surface area contributed by atoms with Gasteiger partial charge in [-0.3, -0.25) is 4.79 Å². The number of amides is 1. The van der Waals surface area contributed by atoms with Gasteiger partial charge in [-0.2, -0.15) is 0 Å². The van der Waals surface area contributed by atoms with Gasteiger partial charge in [-0.1, -0.05) is 0 Å². The van der Waals surface area contributed by atoms with Gasteiger partial charge >= 0.3 is 0 Å². The average Bonchev–Trinajstić information content (AvgIpc) is 2.75. The van der Waals surface area contributed by atoms with E-state index in [1.165, 1.54) is 0 Å². The number of carbonyl (C=O) groups is 1. The quantitative estimate of drug-likeness (QED) is 0.546. The van der Waals surface area contributed by atoms with Crippen LogP contribution in [0.2, 0.25) is 0 Å². The molecular formula is C10H16N4O2. The summed E-state index contributed by atoms with van der Waals surface area (Å²) in [5.41, 5.74) is 5.53. The van der Waals surface area contributed by atoms with Crippen LogP contribution in [0.4, 0.5) is 0 Å². The van der Waals surface area contributed by atoms with E-state index in [9.17, 15) is 4.79 Å². The first kappa shape index (κ1) is 12.1. The Hall–Kier alpha value is -1.98. The van der Waals surface area contributed by atoms with Crippen molar-refractivity contribution in [2.45, 2.75) is 6.54 Å². The molecule has 0 aliphatic carbocycles. The molecule has 0 aliphatic heterocycles. The highest BCUT2D eigenvalue weighted by Crippen LogP contribution is 1.98. The molecule has 6 nitrogen and oxygen atoms in total. The molecule has 6 heteroatoms. The van der Waals surface area contributed by atoms with Gasteiger partial charge in [-0.05, 0) is 12.1 Å². The van der Waals surface area contributed by atoms with E-state index in [0.717, 1.165) is 0 Å². The summed E-state index contributed by atoms with van der Waals surface area (Å²) < 4.78 is 5.06. The number of furan rings is 1. The molecular weight excluding hydrogens is 208 g/mol. The maximum absolute atomic E-state index is 11.3. The van der Waals surface area contributed by atoms with Gasteiger partial charge in [0.05, 0.1) is 12.8 Å². The van der Waals surface area contributed by atoms with Crippen LogP contribution in [0.15, 0.2) is 27.8 Å². The van der Waals surface area contributed by atoms with E-state index in [1.54, 1.807) is 37.4 Å². The topological polar surface area (TPSA) is 83.9 Å². The summed E-state index contributed by atoms with van der Waals surface area (Å²) in [5.74, 6) is 0.840. The summed E-state index contributed by atoms with van der Waals surface area (Å²) in [6.07, 6.45) is 1.56. The number of rotatable bonds is 4. The van der Waals surface area contributed by atoms with Crippen molar-refractivity contribution in [1.82, 2.24) is 10.2 Å². The maximum Gasteiger partial charge on any atom is 0.242 e. The van der Waals surface area contributed by atoms with Crippen LogP contribution in [-0.4, -0.2) is 37.4 Å². The second-order valence-electron chi connectivity index (χ2n) is 3.42. The minimum Gasteiger partial charge on any atom is -0.467 e. The molecule has 16 heavy (non-hydrogen) atoms. The molecule has 3 N–H and O–H groups in total. The van der Waals surface area contributed by atoms with Crippen LogP contribution in [-0.2, 0) is 11.3 Å². The van der Waals surface area contributed by atoms with Gasteiger partial charge in [0.1, 0.15) is 12.3 Å². The summed E-state index contributed by atoms with van der Waals surface area (Å²) in [6, 6.07) is 3.56. The normalized spacial score (nSPS) is 11.2. The van der Waals surface area contributed by atoms with Crippen LogP contribution in [0.25, 0.3) is 0 Å². The molecule has 0 unspecified atom stereocenters. The fourth-order valence-electron chi connectivity index (χ4n) is 0.949. The predicted octanol–water partition coefficient (Wildman–Crippen LogP) is -0.228. The lowest BCUT2D eigenvalue weighted by molar-refractivity contribution is -0.119. The van der Waals surface area contributed by atoms with Crippen molar-refractivity contribution < 1.29 is 9.21 Å². The first-order valence-corrected chi connectivity index (χ1v) is 4.86. The molecule has 0 aromatic carbocycles. The Bertz CT molecular complexity index is 357. The third-order valence-corrected chi connectivity index (χ3v) is 1.88. The molecule has 0 saturated carbocycles. The monoisotopic (exact) mass is 224 g/mol. The van der Waals surface area contributed by atoms with Gasteiger partial charge in [0.25, 0.3) is 0 Å². The summed E-state index contributed by atoms with van der Waals surface area (Å²) in [4.78, 5) is 16.9. The lowest BCUT2D eigenvalue weighted by Crippen LogP contribution is -2.32. The Labute approximate surface area is 94.1 Å². The van der Waals surface area contributed by atoms with E-state index in [-0.39, 0.29) is 12.5 Å². The molecule has 1 aromatic rings. The maximum atomic E-state index is 11.3. The van der Waals surface area contributed by atoms with E-state index in [4.69, 9.17) is 10.2 Å². The van der Waals surface area contributed by atoms with E-state index < -0.39 is 0 Å². The zero-order valence-electron chi connectivity index (χ0n) is 9.43. The second-order valence-corrected chi connectivity index (χ2v) is 3.42. The number of nitrogens with zero attached hydrogens (tertiary/aromatic N) is 2. The Morgan fingerprint density at radius 2 is 2.38 bits per heavy atom. The van der Waals surface area contributed by atoms with Crippen LogP contribution in [0, 0.1) is 0 Å². The molecule has 0 bridgehead atoms. The van der Waals surface area contributed by atoms with E-state index in [0.29, 0.717) is 18.3 Å². The SMILES string of the molecule is CN(C)C(N)=NCC(=O)NCc1ccco1. The number of hydrogen-bond acceptors (Lipinski definition) is 3. The third-order valence-electron chi connectivity index (χ3n) is 1.88. The zero-order chi connectivity index (χ0) is 12.0.